The predicted molar refractivity (Wildman–Crippen MR) is 64.6 cm³/mol. The zero-order chi connectivity index (χ0) is 15.0. The van der Waals surface area contributed by atoms with E-state index in [9.17, 15) is 18.4 Å². The molecule has 1 N–H and O–H groups in total. The quantitative estimate of drug-likeness (QED) is 0.669. The van der Waals surface area contributed by atoms with Gasteiger partial charge in [-0.15, -0.1) is 0 Å². The maximum atomic E-state index is 11.8. The van der Waals surface area contributed by atoms with E-state index in [0.29, 0.717) is 25.9 Å². The zero-order valence-electron chi connectivity index (χ0n) is 11.1. The van der Waals surface area contributed by atoms with E-state index in [2.05, 4.69) is 4.74 Å². The Labute approximate surface area is 115 Å². The monoisotopic (exact) mass is 295 g/mol. The summed E-state index contributed by atoms with van der Waals surface area (Å²) in [5.74, 6) is -1.16. The maximum absolute atomic E-state index is 11.8. The number of rotatable bonds is 8. The molecule has 0 radical (unpaired) electrons. The average molecular weight is 295 g/mol. The molecule has 1 aliphatic heterocycles. The molecule has 0 aromatic carbocycles. The summed E-state index contributed by atoms with van der Waals surface area (Å²) in [7, 11) is 0. The Morgan fingerprint density at radius 2 is 1.95 bits per heavy atom. The van der Waals surface area contributed by atoms with Crippen molar-refractivity contribution in [3.63, 3.8) is 0 Å². The fraction of sp³-hybridized carbons (Fsp3) is 0.833. The lowest BCUT2D eigenvalue weighted by Crippen LogP contribution is -2.41. The third-order valence-electron chi connectivity index (χ3n) is 2.94. The van der Waals surface area contributed by atoms with Gasteiger partial charge in [-0.2, -0.15) is 0 Å². The van der Waals surface area contributed by atoms with Crippen molar-refractivity contribution in [2.45, 2.75) is 31.8 Å². The summed E-state index contributed by atoms with van der Waals surface area (Å²) in [6.45, 7) is -0.0347. The van der Waals surface area contributed by atoms with Crippen molar-refractivity contribution in [2.75, 3.05) is 32.9 Å². The molecule has 20 heavy (non-hydrogen) atoms. The number of hydrogen-bond acceptors (Lipinski definition) is 4. The first-order valence-corrected chi connectivity index (χ1v) is 6.46. The van der Waals surface area contributed by atoms with Crippen LogP contribution in [0.25, 0.3) is 0 Å². The van der Waals surface area contributed by atoms with Gasteiger partial charge in [-0.3, -0.25) is 4.79 Å². The van der Waals surface area contributed by atoms with Gasteiger partial charge in [-0.25, -0.2) is 13.6 Å². The Morgan fingerprint density at radius 1 is 1.30 bits per heavy atom. The van der Waals surface area contributed by atoms with Gasteiger partial charge in [0.2, 0.25) is 5.91 Å². The number of amides is 1. The number of ether oxygens (including phenoxy) is 2. The molecule has 0 aliphatic carbocycles. The van der Waals surface area contributed by atoms with Crippen LogP contribution in [-0.2, 0) is 19.1 Å². The third-order valence-corrected chi connectivity index (χ3v) is 2.94. The molecule has 1 rings (SSSR count). The SMILES string of the molecule is O=C(O)COC1CCN(C(=O)CCOCC(F)F)CC1. The van der Waals surface area contributed by atoms with Crippen molar-refractivity contribution in [3.8, 4) is 0 Å². The highest BCUT2D eigenvalue weighted by Gasteiger charge is 2.23. The molecule has 0 aromatic rings. The van der Waals surface area contributed by atoms with Gasteiger partial charge in [-0.05, 0) is 12.8 Å². The van der Waals surface area contributed by atoms with Crippen molar-refractivity contribution < 1.29 is 33.0 Å². The first kappa shape index (κ1) is 16.8. The van der Waals surface area contributed by atoms with E-state index in [1.54, 1.807) is 4.90 Å². The number of nitrogens with zero attached hydrogens (tertiary/aromatic N) is 1. The number of carboxylic acid groups (broad SMARTS) is 1. The first-order valence-electron chi connectivity index (χ1n) is 6.46. The molecular formula is C12H19F2NO5. The number of piperidine rings is 1. The molecular weight excluding hydrogens is 276 g/mol. The number of carbonyl (C=O) groups excluding carboxylic acids is 1. The van der Waals surface area contributed by atoms with Crippen LogP contribution in [0.4, 0.5) is 8.78 Å². The predicted octanol–water partition coefficient (Wildman–Crippen LogP) is 0.750. The standard InChI is InChI=1S/C12H19F2NO5/c13-10(14)7-19-6-3-11(16)15-4-1-9(2-5-15)20-8-12(17)18/h9-10H,1-8H2,(H,17,18). The van der Waals surface area contributed by atoms with Crippen molar-refractivity contribution >= 4 is 11.9 Å². The van der Waals surface area contributed by atoms with Crippen LogP contribution in [-0.4, -0.2) is 67.3 Å². The second kappa shape index (κ2) is 8.80. The molecule has 6 nitrogen and oxygen atoms in total. The van der Waals surface area contributed by atoms with E-state index in [-0.39, 0.29) is 31.6 Å². The lowest BCUT2D eigenvalue weighted by Gasteiger charge is -2.31. The lowest BCUT2D eigenvalue weighted by atomic mass is 10.1. The van der Waals surface area contributed by atoms with Gasteiger partial charge in [0.15, 0.2) is 0 Å². The van der Waals surface area contributed by atoms with Crippen molar-refractivity contribution in [1.29, 1.82) is 0 Å². The van der Waals surface area contributed by atoms with Crippen LogP contribution in [0.2, 0.25) is 0 Å². The molecule has 0 unspecified atom stereocenters. The molecule has 1 fully saturated rings. The van der Waals surface area contributed by atoms with Crippen molar-refractivity contribution in [1.82, 2.24) is 4.90 Å². The number of carboxylic acids is 1. The van der Waals surface area contributed by atoms with Crippen LogP contribution in [0.5, 0.6) is 0 Å². The summed E-state index contributed by atoms with van der Waals surface area (Å²) in [4.78, 5) is 23.7. The van der Waals surface area contributed by atoms with Crippen LogP contribution in [0.1, 0.15) is 19.3 Å². The number of hydrogen-bond donors (Lipinski definition) is 1. The van der Waals surface area contributed by atoms with Gasteiger partial charge < -0.3 is 19.5 Å². The molecule has 1 heterocycles. The Hall–Kier alpha value is -1.28. The van der Waals surface area contributed by atoms with E-state index in [0.717, 1.165) is 0 Å². The fourth-order valence-electron chi connectivity index (χ4n) is 1.95. The molecule has 8 heteroatoms. The number of halogens is 2. The van der Waals surface area contributed by atoms with Gasteiger partial charge >= 0.3 is 5.97 Å². The molecule has 0 spiro atoms. The summed E-state index contributed by atoms with van der Waals surface area (Å²) in [6, 6.07) is 0. The first-order chi connectivity index (χ1) is 9.49. The minimum Gasteiger partial charge on any atom is -0.480 e. The van der Waals surface area contributed by atoms with E-state index in [1.807, 2.05) is 0 Å². The molecule has 0 aromatic heterocycles. The van der Waals surface area contributed by atoms with E-state index < -0.39 is 19.0 Å². The highest BCUT2D eigenvalue weighted by Crippen LogP contribution is 2.14. The largest absolute Gasteiger partial charge is 0.480 e. The van der Waals surface area contributed by atoms with Gasteiger partial charge in [0.25, 0.3) is 6.43 Å². The lowest BCUT2D eigenvalue weighted by molar-refractivity contribution is -0.147. The Morgan fingerprint density at radius 3 is 2.50 bits per heavy atom. The summed E-state index contributed by atoms with van der Waals surface area (Å²) in [5.41, 5.74) is 0. The maximum Gasteiger partial charge on any atom is 0.329 e. The van der Waals surface area contributed by atoms with Crippen LogP contribution < -0.4 is 0 Å². The number of carbonyl (C=O) groups is 2. The third kappa shape index (κ3) is 6.76. The molecule has 1 amide bonds. The van der Waals surface area contributed by atoms with E-state index >= 15 is 0 Å². The number of alkyl halides is 2. The Bertz CT molecular complexity index is 319. The van der Waals surface area contributed by atoms with Gasteiger partial charge in [0.05, 0.1) is 19.1 Å². The van der Waals surface area contributed by atoms with Crippen molar-refractivity contribution in [3.05, 3.63) is 0 Å². The Kier molecular flexibility index (Phi) is 7.38. The van der Waals surface area contributed by atoms with Gasteiger partial charge in [-0.1, -0.05) is 0 Å². The van der Waals surface area contributed by atoms with Gasteiger partial charge in [0, 0.05) is 13.1 Å². The fourth-order valence-corrected chi connectivity index (χ4v) is 1.95. The van der Waals surface area contributed by atoms with Gasteiger partial charge in [0.1, 0.15) is 13.2 Å². The summed E-state index contributed by atoms with van der Waals surface area (Å²) in [5, 5.41) is 8.49. The smallest absolute Gasteiger partial charge is 0.329 e. The minimum atomic E-state index is -2.52. The summed E-state index contributed by atoms with van der Waals surface area (Å²) in [6.07, 6.45) is -1.43. The highest BCUT2D eigenvalue weighted by molar-refractivity contribution is 5.76. The van der Waals surface area contributed by atoms with Crippen LogP contribution in [0, 0.1) is 0 Å². The summed E-state index contributed by atoms with van der Waals surface area (Å²) >= 11 is 0. The Balaban J connectivity index is 2.14. The molecule has 0 bridgehead atoms. The molecule has 1 saturated heterocycles. The average Bonchev–Trinajstić information content (AvgIpc) is 2.41. The summed E-state index contributed by atoms with van der Waals surface area (Å²) < 4.78 is 33.4. The zero-order valence-corrected chi connectivity index (χ0v) is 11.1. The normalized spacial score (nSPS) is 16.6. The minimum absolute atomic E-state index is 0.0153. The molecule has 1 aliphatic rings. The number of aliphatic carboxylic acids is 1. The molecule has 0 saturated carbocycles. The molecule has 116 valence electrons. The van der Waals surface area contributed by atoms with E-state index in [4.69, 9.17) is 9.84 Å². The topological polar surface area (TPSA) is 76.1 Å². The van der Waals surface area contributed by atoms with Crippen LogP contribution in [0.3, 0.4) is 0 Å². The second-order valence-electron chi connectivity index (χ2n) is 4.50. The molecule has 0 atom stereocenters. The van der Waals surface area contributed by atoms with Crippen LogP contribution in [0.15, 0.2) is 0 Å². The van der Waals surface area contributed by atoms with Crippen LogP contribution >= 0.6 is 0 Å². The number of likely N-dealkylation sites (tertiary alicyclic amines) is 1. The van der Waals surface area contributed by atoms with E-state index in [1.165, 1.54) is 0 Å². The highest BCUT2D eigenvalue weighted by atomic mass is 19.3. The van der Waals surface area contributed by atoms with Crippen molar-refractivity contribution in [2.24, 2.45) is 0 Å². The second-order valence-corrected chi connectivity index (χ2v) is 4.50.